The fraction of sp³-hybridized carbons (Fsp3) is 0.619. The van der Waals surface area contributed by atoms with Gasteiger partial charge in [0.2, 0.25) is 11.8 Å². The molecule has 2 rings (SSSR count). The normalized spacial score (nSPS) is 16.1. The molecular weight excluding hydrogens is 326 g/mol. The highest BCUT2D eigenvalue weighted by atomic mass is 16.2. The molecule has 0 saturated heterocycles. The molecule has 1 atom stereocenters. The molecule has 0 bridgehead atoms. The smallest absolute Gasteiger partial charge is 0.224 e. The summed E-state index contributed by atoms with van der Waals surface area (Å²) in [6, 6.07) is 9.99. The van der Waals surface area contributed by atoms with E-state index in [1.807, 2.05) is 30.0 Å². The van der Waals surface area contributed by atoms with Gasteiger partial charge < -0.3 is 16.0 Å². The third kappa shape index (κ3) is 6.79. The molecule has 1 unspecified atom stereocenters. The van der Waals surface area contributed by atoms with Gasteiger partial charge in [0.1, 0.15) is 0 Å². The van der Waals surface area contributed by atoms with Gasteiger partial charge in [-0.2, -0.15) is 0 Å². The molecular formula is C21H33N3O2. The molecule has 26 heavy (non-hydrogen) atoms. The number of carbonyl (C=O) groups is 2. The second-order valence-corrected chi connectivity index (χ2v) is 7.35. The van der Waals surface area contributed by atoms with E-state index in [2.05, 4.69) is 17.4 Å². The number of nitrogens with two attached hydrogens (primary N) is 1. The summed E-state index contributed by atoms with van der Waals surface area (Å²) in [5.41, 5.74) is 6.89. The van der Waals surface area contributed by atoms with E-state index >= 15 is 0 Å². The first-order valence-corrected chi connectivity index (χ1v) is 9.92. The van der Waals surface area contributed by atoms with Crippen LogP contribution in [0.1, 0.15) is 51.0 Å². The van der Waals surface area contributed by atoms with Crippen molar-refractivity contribution in [3.63, 3.8) is 0 Å². The SMILES string of the molecule is CC(CC(=O)N(CCN)CCc1ccccc1)NC(=O)C1CCCCC1. The molecule has 1 saturated carbocycles. The van der Waals surface area contributed by atoms with Crippen LogP contribution in [0.3, 0.4) is 0 Å². The van der Waals surface area contributed by atoms with Crippen LogP contribution in [0.4, 0.5) is 0 Å². The maximum absolute atomic E-state index is 12.6. The van der Waals surface area contributed by atoms with Gasteiger partial charge in [-0.1, -0.05) is 49.6 Å². The van der Waals surface area contributed by atoms with Crippen molar-refractivity contribution in [2.75, 3.05) is 19.6 Å². The largest absolute Gasteiger partial charge is 0.353 e. The molecule has 1 aliphatic rings. The van der Waals surface area contributed by atoms with E-state index in [0.29, 0.717) is 26.1 Å². The van der Waals surface area contributed by atoms with Crippen LogP contribution >= 0.6 is 0 Å². The van der Waals surface area contributed by atoms with E-state index in [1.54, 1.807) is 0 Å². The molecule has 1 aromatic rings. The highest BCUT2D eigenvalue weighted by Crippen LogP contribution is 2.23. The monoisotopic (exact) mass is 359 g/mol. The lowest BCUT2D eigenvalue weighted by atomic mass is 9.88. The molecule has 5 nitrogen and oxygen atoms in total. The van der Waals surface area contributed by atoms with Gasteiger partial charge in [-0.3, -0.25) is 9.59 Å². The van der Waals surface area contributed by atoms with E-state index in [1.165, 1.54) is 12.0 Å². The van der Waals surface area contributed by atoms with Gasteiger partial charge >= 0.3 is 0 Å². The number of amides is 2. The standard InChI is InChI=1S/C21H33N3O2/c1-17(23-21(26)19-10-6-3-7-11-19)16-20(25)24(15-13-22)14-12-18-8-4-2-5-9-18/h2,4-5,8-9,17,19H,3,6-7,10-16,22H2,1H3,(H,23,26). The average Bonchev–Trinajstić information content (AvgIpc) is 2.66. The molecule has 0 aromatic heterocycles. The van der Waals surface area contributed by atoms with E-state index in [0.717, 1.165) is 32.1 Å². The lowest BCUT2D eigenvalue weighted by molar-refractivity contribution is -0.132. The Kier molecular flexibility index (Phi) is 8.62. The summed E-state index contributed by atoms with van der Waals surface area (Å²) in [7, 11) is 0. The molecule has 0 aliphatic heterocycles. The van der Waals surface area contributed by atoms with Crippen LogP contribution < -0.4 is 11.1 Å². The van der Waals surface area contributed by atoms with Crippen molar-refractivity contribution in [1.82, 2.24) is 10.2 Å². The molecule has 0 heterocycles. The maximum atomic E-state index is 12.6. The summed E-state index contributed by atoms with van der Waals surface area (Å²) in [5, 5.41) is 3.03. The van der Waals surface area contributed by atoms with Gasteiger partial charge in [-0.25, -0.2) is 0 Å². The van der Waals surface area contributed by atoms with Crippen molar-refractivity contribution in [3.05, 3.63) is 35.9 Å². The zero-order valence-corrected chi connectivity index (χ0v) is 16.0. The quantitative estimate of drug-likeness (QED) is 0.711. The Hall–Kier alpha value is -1.88. The Labute approximate surface area is 157 Å². The first kappa shape index (κ1) is 20.4. The molecule has 0 radical (unpaired) electrons. The van der Waals surface area contributed by atoms with Gasteiger partial charge in [0.25, 0.3) is 0 Å². The lowest BCUT2D eigenvalue weighted by Gasteiger charge is -2.26. The summed E-state index contributed by atoms with van der Waals surface area (Å²) in [4.78, 5) is 26.8. The Balaban J connectivity index is 1.80. The summed E-state index contributed by atoms with van der Waals surface area (Å²) >= 11 is 0. The highest BCUT2D eigenvalue weighted by molar-refractivity contribution is 5.81. The van der Waals surface area contributed by atoms with Crippen LogP contribution in [0.25, 0.3) is 0 Å². The Morgan fingerprint density at radius 3 is 2.50 bits per heavy atom. The average molecular weight is 360 g/mol. The zero-order chi connectivity index (χ0) is 18.8. The van der Waals surface area contributed by atoms with Crippen LogP contribution in [-0.4, -0.2) is 42.4 Å². The fourth-order valence-corrected chi connectivity index (χ4v) is 3.59. The van der Waals surface area contributed by atoms with Crippen molar-refractivity contribution < 1.29 is 9.59 Å². The maximum Gasteiger partial charge on any atom is 0.224 e. The van der Waals surface area contributed by atoms with Crippen molar-refractivity contribution in [3.8, 4) is 0 Å². The minimum absolute atomic E-state index is 0.0582. The summed E-state index contributed by atoms with van der Waals surface area (Å²) in [6.45, 7) is 3.57. The number of benzene rings is 1. The van der Waals surface area contributed by atoms with Gasteiger partial charge in [-0.15, -0.1) is 0 Å². The molecule has 1 fully saturated rings. The summed E-state index contributed by atoms with van der Waals surface area (Å²) in [6.07, 6.45) is 6.59. The van der Waals surface area contributed by atoms with Crippen molar-refractivity contribution in [2.24, 2.45) is 11.7 Å². The topological polar surface area (TPSA) is 75.4 Å². The van der Waals surface area contributed by atoms with Crippen LogP contribution in [0.5, 0.6) is 0 Å². The number of rotatable bonds is 9. The summed E-state index contributed by atoms with van der Waals surface area (Å²) in [5.74, 6) is 0.294. The van der Waals surface area contributed by atoms with Crippen LogP contribution in [0.2, 0.25) is 0 Å². The van der Waals surface area contributed by atoms with E-state index in [4.69, 9.17) is 5.73 Å². The number of hydrogen-bond acceptors (Lipinski definition) is 3. The predicted molar refractivity (Wildman–Crippen MR) is 105 cm³/mol. The Bertz CT molecular complexity index is 556. The van der Waals surface area contributed by atoms with Crippen LogP contribution in [0, 0.1) is 5.92 Å². The Morgan fingerprint density at radius 2 is 1.85 bits per heavy atom. The van der Waals surface area contributed by atoms with Gasteiger partial charge in [-0.05, 0) is 31.7 Å². The van der Waals surface area contributed by atoms with Gasteiger partial charge in [0.15, 0.2) is 0 Å². The van der Waals surface area contributed by atoms with E-state index in [9.17, 15) is 9.59 Å². The first-order valence-electron chi connectivity index (χ1n) is 9.92. The number of hydrogen-bond donors (Lipinski definition) is 2. The molecule has 144 valence electrons. The van der Waals surface area contributed by atoms with Crippen LogP contribution in [0.15, 0.2) is 30.3 Å². The number of carbonyl (C=O) groups excluding carboxylic acids is 2. The van der Waals surface area contributed by atoms with E-state index < -0.39 is 0 Å². The molecule has 1 aromatic carbocycles. The van der Waals surface area contributed by atoms with Crippen molar-refractivity contribution in [2.45, 2.75) is 57.9 Å². The predicted octanol–water partition coefficient (Wildman–Crippen LogP) is 2.49. The lowest BCUT2D eigenvalue weighted by Crippen LogP contribution is -2.43. The number of nitrogens with one attached hydrogen (secondary N) is 1. The molecule has 3 N–H and O–H groups in total. The summed E-state index contributed by atoms with van der Waals surface area (Å²) < 4.78 is 0. The minimum atomic E-state index is -0.145. The second kappa shape index (κ2) is 11.0. The Morgan fingerprint density at radius 1 is 1.15 bits per heavy atom. The highest BCUT2D eigenvalue weighted by Gasteiger charge is 2.23. The molecule has 0 spiro atoms. The zero-order valence-electron chi connectivity index (χ0n) is 16.0. The second-order valence-electron chi connectivity index (χ2n) is 7.35. The third-order valence-corrected chi connectivity index (χ3v) is 5.11. The van der Waals surface area contributed by atoms with E-state index in [-0.39, 0.29) is 23.8 Å². The fourth-order valence-electron chi connectivity index (χ4n) is 3.59. The third-order valence-electron chi connectivity index (χ3n) is 5.11. The van der Waals surface area contributed by atoms with Gasteiger partial charge in [0.05, 0.1) is 0 Å². The molecule has 5 heteroatoms. The minimum Gasteiger partial charge on any atom is -0.353 e. The van der Waals surface area contributed by atoms with Gasteiger partial charge in [0, 0.05) is 38.0 Å². The van der Waals surface area contributed by atoms with Crippen molar-refractivity contribution in [1.29, 1.82) is 0 Å². The number of nitrogens with zero attached hydrogens (tertiary/aromatic N) is 1. The van der Waals surface area contributed by atoms with Crippen LogP contribution in [-0.2, 0) is 16.0 Å². The molecule has 1 aliphatic carbocycles. The molecule has 2 amide bonds. The van der Waals surface area contributed by atoms with Crippen molar-refractivity contribution >= 4 is 11.8 Å². The first-order chi connectivity index (χ1) is 12.6.